The molecule has 0 aliphatic carbocycles. The Bertz CT molecular complexity index is 995. The molecular weight excluding hydrogens is 421 g/mol. The highest BCUT2D eigenvalue weighted by Gasteiger charge is 2.32. The fraction of sp³-hybridized carbons (Fsp3) is 0.476. The lowest BCUT2D eigenvalue weighted by Crippen LogP contribution is -2.44. The number of hydrogen-bond acceptors (Lipinski definition) is 6. The van der Waals surface area contributed by atoms with Gasteiger partial charge in [-0.2, -0.15) is 4.31 Å². The Kier molecular flexibility index (Phi) is 6.47. The van der Waals surface area contributed by atoms with E-state index in [1.165, 1.54) is 16.4 Å². The topological polar surface area (TPSA) is 86.7 Å². The van der Waals surface area contributed by atoms with Crippen LogP contribution in [0.5, 0.6) is 0 Å². The zero-order valence-electron chi connectivity index (χ0n) is 17.2. The summed E-state index contributed by atoms with van der Waals surface area (Å²) >= 11 is 0. The summed E-state index contributed by atoms with van der Waals surface area (Å²) in [7, 11) is -3.71. The van der Waals surface area contributed by atoms with E-state index in [9.17, 15) is 17.6 Å². The van der Waals surface area contributed by atoms with Crippen molar-refractivity contribution in [1.29, 1.82) is 0 Å². The van der Waals surface area contributed by atoms with Crippen LogP contribution in [0.25, 0.3) is 0 Å². The van der Waals surface area contributed by atoms with Gasteiger partial charge in [-0.25, -0.2) is 22.8 Å². The van der Waals surface area contributed by atoms with Gasteiger partial charge in [-0.15, -0.1) is 0 Å². The van der Waals surface area contributed by atoms with E-state index >= 15 is 0 Å². The number of benzene rings is 1. The molecule has 4 rings (SSSR count). The number of amides is 1. The van der Waals surface area contributed by atoms with Gasteiger partial charge in [0.1, 0.15) is 5.82 Å². The summed E-state index contributed by atoms with van der Waals surface area (Å²) in [5.41, 5.74) is 0. The Morgan fingerprint density at radius 2 is 1.61 bits per heavy atom. The molecule has 10 heteroatoms. The predicted molar refractivity (Wildman–Crippen MR) is 113 cm³/mol. The third-order valence-corrected chi connectivity index (χ3v) is 7.81. The van der Waals surface area contributed by atoms with Crippen molar-refractivity contribution < 1.29 is 17.6 Å². The van der Waals surface area contributed by atoms with Crippen LogP contribution in [-0.4, -0.2) is 72.8 Å². The van der Waals surface area contributed by atoms with Crippen LogP contribution in [0.2, 0.25) is 0 Å². The van der Waals surface area contributed by atoms with Gasteiger partial charge >= 0.3 is 0 Å². The molecule has 2 fully saturated rings. The lowest BCUT2D eigenvalue weighted by atomic mass is 9.95. The van der Waals surface area contributed by atoms with E-state index in [1.54, 1.807) is 23.4 Å². The smallest absolute Gasteiger partial charge is 0.243 e. The SMILES string of the molecule is O=C(C1CCN(c2ncccn2)CC1)N1CCCN(S(=O)(=O)c2ccc(F)cc2)CC1. The number of aromatic nitrogens is 2. The zero-order valence-corrected chi connectivity index (χ0v) is 18.0. The highest BCUT2D eigenvalue weighted by atomic mass is 32.2. The van der Waals surface area contributed by atoms with Crippen molar-refractivity contribution in [2.24, 2.45) is 5.92 Å². The van der Waals surface area contributed by atoms with Crippen molar-refractivity contribution >= 4 is 21.9 Å². The number of halogens is 1. The van der Waals surface area contributed by atoms with Gasteiger partial charge in [0.15, 0.2) is 0 Å². The molecule has 1 aromatic heterocycles. The third-order valence-electron chi connectivity index (χ3n) is 5.90. The second-order valence-corrected chi connectivity index (χ2v) is 9.78. The molecule has 2 aromatic rings. The molecule has 2 aliphatic heterocycles. The number of carbonyl (C=O) groups excluding carboxylic acids is 1. The van der Waals surface area contributed by atoms with E-state index < -0.39 is 15.8 Å². The van der Waals surface area contributed by atoms with Gasteiger partial charge in [-0.05, 0) is 49.6 Å². The fourth-order valence-corrected chi connectivity index (χ4v) is 5.62. The first-order valence-electron chi connectivity index (χ1n) is 10.5. The van der Waals surface area contributed by atoms with Crippen LogP contribution < -0.4 is 4.90 Å². The van der Waals surface area contributed by atoms with Crippen LogP contribution in [0.1, 0.15) is 19.3 Å². The maximum atomic E-state index is 13.2. The molecule has 0 unspecified atom stereocenters. The molecule has 8 nitrogen and oxygen atoms in total. The van der Waals surface area contributed by atoms with E-state index in [2.05, 4.69) is 14.9 Å². The van der Waals surface area contributed by atoms with E-state index in [0.717, 1.165) is 38.1 Å². The summed E-state index contributed by atoms with van der Waals surface area (Å²) in [4.78, 5) is 25.6. The van der Waals surface area contributed by atoms with Crippen LogP contribution in [0, 0.1) is 11.7 Å². The molecular formula is C21H26FN5O3S. The maximum Gasteiger partial charge on any atom is 0.243 e. The largest absolute Gasteiger partial charge is 0.341 e. The first-order chi connectivity index (χ1) is 14.9. The lowest BCUT2D eigenvalue weighted by Gasteiger charge is -2.34. The molecule has 0 radical (unpaired) electrons. The number of rotatable bonds is 4. The van der Waals surface area contributed by atoms with Crippen LogP contribution >= 0.6 is 0 Å². The van der Waals surface area contributed by atoms with Gasteiger partial charge < -0.3 is 9.80 Å². The van der Waals surface area contributed by atoms with Gasteiger partial charge in [0.25, 0.3) is 0 Å². The molecule has 2 saturated heterocycles. The van der Waals surface area contributed by atoms with Crippen molar-refractivity contribution in [3.8, 4) is 0 Å². The average Bonchev–Trinajstić information content (AvgIpc) is 3.07. The highest BCUT2D eigenvalue weighted by Crippen LogP contribution is 2.24. The molecule has 1 aromatic carbocycles. The van der Waals surface area contributed by atoms with E-state index in [1.807, 2.05) is 0 Å². The van der Waals surface area contributed by atoms with Crippen molar-refractivity contribution in [1.82, 2.24) is 19.2 Å². The van der Waals surface area contributed by atoms with Crippen LogP contribution in [-0.2, 0) is 14.8 Å². The molecule has 0 saturated carbocycles. The number of anilines is 1. The monoisotopic (exact) mass is 447 g/mol. The fourth-order valence-electron chi connectivity index (χ4n) is 4.15. The molecule has 31 heavy (non-hydrogen) atoms. The average molecular weight is 448 g/mol. The Morgan fingerprint density at radius 3 is 2.29 bits per heavy atom. The number of piperidine rings is 1. The first-order valence-corrected chi connectivity index (χ1v) is 12.0. The standard InChI is InChI=1S/C21H26FN5O3S/c22-18-3-5-19(6-4-18)31(29,30)27-12-2-11-25(15-16-27)20(28)17-7-13-26(14-8-17)21-23-9-1-10-24-21/h1,3-6,9-10,17H,2,7-8,11-16H2. The predicted octanol–water partition coefficient (Wildman–Crippen LogP) is 1.76. The second-order valence-electron chi connectivity index (χ2n) is 7.85. The van der Waals surface area contributed by atoms with Crippen molar-refractivity contribution in [2.75, 3.05) is 44.2 Å². The summed E-state index contributed by atoms with van der Waals surface area (Å²) < 4.78 is 40.3. The van der Waals surface area contributed by atoms with Gasteiger partial charge in [0.2, 0.25) is 21.9 Å². The van der Waals surface area contributed by atoms with E-state index in [-0.39, 0.29) is 23.3 Å². The van der Waals surface area contributed by atoms with Crippen LogP contribution in [0.4, 0.5) is 10.3 Å². The summed E-state index contributed by atoms with van der Waals surface area (Å²) in [6.07, 6.45) is 5.45. The molecule has 166 valence electrons. The number of hydrogen-bond donors (Lipinski definition) is 0. The summed E-state index contributed by atoms with van der Waals surface area (Å²) in [6, 6.07) is 6.63. The molecule has 1 amide bonds. The molecule has 3 heterocycles. The lowest BCUT2D eigenvalue weighted by molar-refractivity contribution is -0.136. The van der Waals surface area contributed by atoms with Crippen molar-refractivity contribution in [3.63, 3.8) is 0 Å². The molecule has 0 N–H and O–H groups in total. The van der Waals surface area contributed by atoms with Gasteiger partial charge in [-0.1, -0.05) is 0 Å². The Hall–Kier alpha value is -2.59. The summed E-state index contributed by atoms with van der Waals surface area (Å²) in [5, 5.41) is 0. The summed E-state index contributed by atoms with van der Waals surface area (Å²) in [5.74, 6) is 0.233. The Labute approximate surface area is 181 Å². The third kappa shape index (κ3) is 4.85. The Balaban J connectivity index is 1.34. The molecule has 0 bridgehead atoms. The minimum Gasteiger partial charge on any atom is -0.341 e. The minimum atomic E-state index is -3.71. The highest BCUT2D eigenvalue weighted by molar-refractivity contribution is 7.89. The molecule has 0 atom stereocenters. The number of nitrogens with zero attached hydrogens (tertiary/aromatic N) is 5. The van der Waals surface area contributed by atoms with Gasteiger partial charge in [0, 0.05) is 57.6 Å². The Morgan fingerprint density at radius 1 is 0.935 bits per heavy atom. The van der Waals surface area contributed by atoms with Gasteiger partial charge in [-0.3, -0.25) is 4.79 Å². The maximum absolute atomic E-state index is 13.2. The normalized spacial score (nSPS) is 19.3. The molecule has 0 spiro atoms. The second kappa shape index (κ2) is 9.27. The number of sulfonamides is 1. The number of carbonyl (C=O) groups is 1. The van der Waals surface area contributed by atoms with Crippen LogP contribution in [0.3, 0.4) is 0 Å². The van der Waals surface area contributed by atoms with Crippen molar-refractivity contribution in [3.05, 3.63) is 48.5 Å². The summed E-state index contributed by atoms with van der Waals surface area (Å²) in [6.45, 7) is 2.92. The van der Waals surface area contributed by atoms with Gasteiger partial charge in [0.05, 0.1) is 4.90 Å². The van der Waals surface area contributed by atoms with Crippen LogP contribution in [0.15, 0.2) is 47.6 Å². The zero-order chi connectivity index (χ0) is 21.8. The minimum absolute atomic E-state index is 0.0692. The van der Waals surface area contributed by atoms with Crippen molar-refractivity contribution in [2.45, 2.75) is 24.2 Å². The van der Waals surface area contributed by atoms with E-state index in [4.69, 9.17) is 0 Å². The first kappa shape index (κ1) is 21.6. The van der Waals surface area contributed by atoms with E-state index in [0.29, 0.717) is 32.0 Å². The quantitative estimate of drug-likeness (QED) is 0.710. The molecule has 2 aliphatic rings.